The molecule has 8 heteroatoms. The summed E-state index contributed by atoms with van der Waals surface area (Å²) in [6.45, 7) is 0.396. The zero-order valence-corrected chi connectivity index (χ0v) is 14.6. The third-order valence-corrected chi connectivity index (χ3v) is 4.79. The molecule has 2 aromatic heterocycles. The summed E-state index contributed by atoms with van der Waals surface area (Å²) in [5, 5.41) is 6.05. The van der Waals surface area contributed by atoms with E-state index >= 15 is 0 Å². The molecule has 0 fully saturated rings. The third kappa shape index (κ3) is 3.74. The molecular weight excluding hydrogens is 346 g/mol. The number of hydrogen-bond acceptors (Lipinski definition) is 5. The molecule has 0 aliphatic rings. The average molecular weight is 362 g/mol. The lowest BCUT2D eigenvalue weighted by atomic mass is 10.2. The Kier molecular flexibility index (Phi) is 4.82. The minimum atomic E-state index is -0.0922. The monoisotopic (exact) mass is 361 g/mol. The van der Waals surface area contributed by atoms with E-state index < -0.39 is 0 Å². The van der Waals surface area contributed by atoms with E-state index in [4.69, 9.17) is 17.3 Å². The van der Waals surface area contributed by atoms with Crippen LogP contribution in [-0.2, 0) is 24.8 Å². The number of carbonyl (C=O) groups excluding carboxylic acids is 1. The topological polar surface area (TPSA) is 85.8 Å². The number of nitrogen functional groups attached to an aromatic ring is 1. The Morgan fingerprint density at radius 3 is 3.00 bits per heavy atom. The van der Waals surface area contributed by atoms with Crippen LogP contribution in [0.25, 0.3) is 10.6 Å². The third-order valence-electron chi connectivity index (χ3n) is 3.50. The van der Waals surface area contributed by atoms with Crippen LogP contribution in [0.3, 0.4) is 0 Å². The predicted octanol–water partition coefficient (Wildman–Crippen LogP) is 2.64. The van der Waals surface area contributed by atoms with Gasteiger partial charge in [0.05, 0.1) is 29.4 Å². The van der Waals surface area contributed by atoms with Gasteiger partial charge in [-0.05, 0) is 12.1 Å². The number of imidazole rings is 1. The maximum Gasteiger partial charge on any atom is 0.226 e. The van der Waals surface area contributed by atoms with Crippen LogP contribution in [0.5, 0.6) is 0 Å². The van der Waals surface area contributed by atoms with Gasteiger partial charge < -0.3 is 15.6 Å². The zero-order chi connectivity index (χ0) is 17.1. The van der Waals surface area contributed by atoms with Crippen molar-refractivity contribution in [1.82, 2.24) is 19.9 Å². The van der Waals surface area contributed by atoms with Crippen LogP contribution < -0.4 is 11.1 Å². The fourth-order valence-corrected chi connectivity index (χ4v) is 3.10. The molecule has 24 heavy (non-hydrogen) atoms. The number of amides is 1. The van der Waals surface area contributed by atoms with E-state index in [2.05, 4.69) is 15.3 Å². The van der Waals surface area contributed by atoms with Gasteiger partial charge in [-0.25, -0.2) is 9.97 Å². The van der Waals surface area contributed by atoms with Gasteiger partial charge in [0.2, 0.25) is 5.91 Å². The quantitative estimate of drug-likeness (QED) is 0.684. The van der Waals surface area contributed by atoms with Crippen molar-refractivity contribution >= 4 is 34.5 Å². The highest BCUT2D eigenvalue weighted by Gasteiger charge is 2.10. The van der Waals surface area contributed by atoms with E-state index in [0.29, 0.717) is 17.3 Å². The van der Waals surface area contributed by atoms with Crippen LogP contribution in [0, 0.1) is 0 Å². The molecule has 1 aromatic carbocycles. The fraction of sp³-hybridized carbons (Fsp3) is 0.188. The van der Waals surface area contributed by atoms with E-state index in [1.807, 2.05) is 29.3 Å². The molecule has 0 unspecified atom stereocenters. The molecule has 0 spiro atoms. The van der Waals surface area contributed by atoms with Crippen LogP contribution in [0.4, 0.5) is 5.69 Å². The number of nitrogens with one attached hydrogen (secondary N) is 1. The Hall–Kier alpha value is -2.38. The molecular formula is C16H16ClN5OS. The number of rotatable bonds is 5. The van der Waals surface area contributed by atoms with Crippen molar-refractivity contribution in [3.8, 4) is 10.6 Å². The van der Waals surface area contributed by atoms with E-state index in [1.54, 1.807) is 18.3 Å². The van der Waals surface area contributed by atoms with Gasteiger partial charge in [0.15, 0.2) is 0 Å². The van der Waals surface area contributed by atoms with Crippen LogP contribution in [-0.4, -0.2) is 20.4 Å². The van der Waals surface area contributed by atoms with Crippen LogP contribution in [0.1, 0.15) is 11.5 Å². The van der Waals surface area contributed by atoms with Gasteiger partial charge in [-0.3, -0.25) is 4.79 Å². The number of hydrogen-bond donors (Lipinski definition) is 2. The van der Waals surface area contributed by atoms with E-state index in [-0.39, 0.29) is 12.3 Å². The number of nitrogens with zero attached hydrogens (tertiary/aromatic N) is 3. The summed E-state index contributed by atoms with van der Waals surface area (Å²) in [6.07, 6.45) is 3.77. The fourth-order valence-electron chi connectivity index (χ4n) is 2.17. The summed E-state index contributed by atoms with van der Waals surface area (Å²) in [7, 11) is 1.89. The second-order valence-corrected chi connectivity index (χ2v) is 6.55. The van der Waals surface area contributed by atoms with Gasteiger partial charge in [-0.1, -0.05) is 17.7 Å². The highest BCUT2D eigenvalue weighted by molar-refractivity contribution is 7.13. The smallest absolute Gasteiger partial charge is 0.226 e. The standard InChI is InChI=1S/C16H16ClN5OS/c1-22-5-4-19-14(22)8-20-15(23)7-11-9-24-16(21-11)10-2-3-12(17)13(18)6-10/h2-6,9H,7-8,18H2,1H3,(H,20,23). The lowest BCUT2D eigenvalue weighted by Gasteiger charge is -2.04. The van der Waals surface area contributed by atoms with Crippen molar-refractivity contribution in [2.45, 2.75) is 13.0 Å². The van der Waals surface area contributed by atoms with E-state index in [9.17, 15) is 4.79 Å². The van der Waals surface area contributed by atoms with E-state index in [1.165, 1.54) is 11.3 Å². The maximum absolute atomic E-state index is 12.0. The number of nitrogens with two attached hydrogens (primary N) is 1. The lowest BCUT2D eigenvalue weighted by molar-refractivity contribution is -0.120. The minimum Gasteiger partial charge on any atom is -0.398 e. The average Bonchev–Trinajstić information content (AvgIpc) is 3.17. The molecule has 0 bridgehead atoms. The number of anilines is 1. The normalized spacial score (nSPS) is 10.8. The predicted molar refractivity (Wildman–Crippen MR) is 95.7 cm³/mol. The minimum absolute atomic E-state index is 0.0922. The molecule has 3 N–H and O–H groups in total. The largest absolute Gasteiger partial charge is 0.398 e. The Balaban J connectivity index is 1.62. The van der Waals surface area contributed by atoms with Crippen LogP contribution in [0.15, 0.2) is 36.0 Å². The summed E-state index contributed by atoms with van der Waals surface area (Å²) in [5.41, 5.74) is 7.94. The molecule has 3 rings (SSSR count). The summed E-state index contributed by atoms with van der Waals surface area (Å²) in [4.78, 5) is 20.7. The molecule has 1 amide bonds. The molecule has 3 aromatic rings. The molecule has 0 saturated carbocycles. The number of halogens is 1. The lowest BCUT2D eigenvalue weighted by Crippen LogP contribution is -2.26. The van der Waals surface area contributed by atoms with Gasteiger partial charge in [0, 0.05) is 30.4 Å². The molecule has 0 aliphatic heterocycles. The molecule has 2 heterocycles. The highest BCUT2D eigenvalue weighted by atomic mass is 35.5. The highest BCUT2D eigenvalue weighted by Crippen LogP contribution is 2.29. The van der Waals surface area contributed by atoms with Gasteiger partial charge in [0.25, 0.3) is 0 Å². The van der Waals surface area contributed by atoms with Crippen LogP contribution in [0.2, 0.25) is 5.02 Å². The van der Waals surface area contributed by atoms with Gasteiger partial charge in [0.1, 0.15) is 10.8 Å². The first-order valence-corrected chi connectivity index (χ1v) is 8.51. The van der Waals surface area contributed by atoms with E-state index in [0.717, 1.165) is 22.1 Å². The first-order valence-electron chi connectivity index (χ1n) is 7.25. The molecule has 0 aliphatic carbocycles. The number of aromatic nitrogens is 3. The number of carbonyl (C=O) groups is 1. The van der Waals surface area contributed by atoms with Crippen LogP contribution >= 0.6 is 22.9 Å². The Morgan fingerprint density at radius 2 is 2.29 bits per heavy atom. The second-order valence-electron chi connectivity index (χ2n) is 5.29. The number of thiazole rings is 1. The van der Waals surface area contributed by atoms with Crippen molar-refractivity contribution in [2.24, 2.45) is 7.05 Å². The Labute approximate surface area is 148 Å². The Morgan fingerprint density at radius 1 is 1.46 bits per heavy atom. The van der Waals surface area contributed by atoms with Crippen molar-refractivity contribution in [1.29, 1.82) is 0 Å². The van der Waals surface area contributed by atoms with Gasteiger partial charge in [-0.15, -0.1) is 11.3 Å². The molecule has 0 radical (unpaired) electrons. The van der Waals surface area contributed by atoms with Crippen molar-refractivity contribution in [2.75, 3.05) is 5.73 Å². The second kappa shape index (κ2) is 7.02. The molecule has 0 saturated heterocycles. The number of benzene rings is 1. The summed E-state index contributed by atoms with van der Waals surface area (Å²) < 4.78 is 1.87. The van der Waals surface area contributed by atoms with Gasteiger partial charge in [-0.2, -0.15) is 0 Å². The summed E-state index contributed by atoms with van der Waals surface area (Å²) in [6, 6.07) is 5.39. The van der Waals surface area contributed by atoms with Crippen molar-refractivity contribution < 1.29 is 4.79 Å². The van der Waals surface area contributed by atoms with Crippen molar-refractivity contribution in [3.05, 3.63) is 52.5 Å². The summed E-state index contributed by atoms with van der Waals surface area (Å²) in [5.74, 6) is 0.712. The summed E-state index contributed by atoms with van der Waals surface area (Å²) >= 11 is 7.40. The first-order chi connectivity index (χ1) is 11.5. The molecule has 0 atom stereocenters. The molecule has 6 nitrogen and oxygen atoms in total. The zero-order valence-electron chi connectivity index (χ0n) is 13.0. The van der Waals surface area contributed by atoms with Crippen molar-refractivity contribution in [3.63, 3.8) is 0 Å². The first kappa shape index (κ1) is 16.5. The number of aryl methyl sites for hydroxylation is 1. The maximum atomic E-state index is 12.0. The Bertz CT molecular complexity index is 873. The SMILES string of the molecule is Cn1ccnc1CNC(=O)Cc1csc(-c2ccc(Cl)c(N)c2)n1. The molecule has 124 valence electrons. The van der Waals surface area contributed by atoms with Gasteiger partial charge >= 0.3 is 0 Å².